The van der Waals surface area contributed by atoms with Gasteiger partial charge in [0.05, 0.1) is 29.8 Å². The summed E-state index contributed by atoms with van der Waals surface area (Å²) in [6.07, 6.45) is 5.98. The zero-order chi connectivity index (χ0) is 24.0. The number of piperidine rings is 1. The van der Waals surface area contributed by atoms with E-state index < -0.39 is 10.0 Å². The Hall–Kier alpha value is -2.40. The molecule has 0 amide bonds. The normalized spacial score (nSPS) is 20.0. The molecule has 2 aliphatic rings. The van der Waals surface area contributed by atoms with E-state index in [1.165, 1.54) is 0 Å². The molecule has 2 N–H and O–H groups in total. The van der Waals surface area contributed by atoms with Gasteiger partial charge < -0.3 is 10.0 Å². The highest BCUT2D eigenvalue weighted by atomic mass is 35.5. The number of hydrogen-bond donors (Lipinski definition) is 2. The summed E-state index contributed by atoms with van der Waals surface area (Å²) in [5.74, 6) is 0.889. The number of likely N-dealkylation sites (tertiary alicyclic amines) is 1. The van der Waals surface area contributed by atoms with Gasteiger partial charge in [-0.3, -0.25) is 9.62 Å². The van der Waals surface area contributed by atoms with E-state index in [2.05, 4.69) is 14.5 Å². The van der Waals surface area contributed by atoms with Crippen LogP contribution in [0.15, 0.2) is 30.5 Å². The molecule has 182 valence electrons. The zero-order valence-corrected chi connectivity index (χ0v) is 20.8. The highest BCUT2D eigenvalue weighted by Crippen LogP contribution is 2.34. The van der Waals surface area contributed by atoms with E-state index in [4.69, 9.17) is 21.7 Å². The first-order valence-corrected chi connectivity index (χ1v) is 13.7. The van der Waals surface area contributed by atoms with Crippen LogP contribution in [0.2, 0.25) is 5.02 Å². The number of nitrogens with one attached hydrogen (secondary N) is 1. The van der Waals surface area contributed by atoms with Crippen LogP contribution in [-0.4, -0.2) is 65.0 Å². The van der Waals surface area contributed by atoms with Crippen LogP contribution < -0.4 is 9.62 Å². The van der Waals surface area contributed by atoms with Crippen LogP contribution in [0.25, 0.3) is 5.65 Å². The van der Waals surface area contributed by atoms with Crippen LogP contribution in [0.3, 0.4) is 0 Å². The standard InChI is InChI=1S/C23H29ClN6O3S/c1-15-11-30-22(25-23(15)29-13-18(31)14-29)10-20(26-30)21-5-3-4-8-28(21)12-16-9-17(24)6-7-19(16)27-34(2,32)33/h6-7,9-11,18,21,27,31H,3-5,8,12-14H2,1-2H3. The van der Waals surface area contributed by atoms with Crippen molar-refractivity contribution in [3.8, 4) is 0 Å². The van der Waals surface area contributed by atoms with Gasteiger partial charge in [0.2, 0.25) is 10.0 Å². The van der Waals surface area contributed by atoms with Crippen molar-refractivity contribution in [2.24, 2.45) is 0 Å². The molecule has 1 aromatic carbocycles. The topological polar surface area (TPSA) is 103 Å². The van der Waals surface area contributed by atoms with Gasteiger partial charge in [0, 0.05) is 42.5 Å². The van der Waals surface area contributed by atoms with E-state index in [-0.39, 0.29) is 12.1 Å². The monoisotopic (exact) mass is 504 g/mol. The van der Waals surface area contributed by atoms with Crippen molar-refractivity contribution in [1.29, 1.82) is 0 Å². The summed E-state index contributed by atoms with van der Waals surface area (Å²) in [4.78, 5) is 9.24. The number of aryl methyl sites for hydroxylation is 1. The molecule has 0 bridgehead atoms. The highest BCUT2D eigenvalue weighted by Gasteiger charge is 2.29. The molecule has 1 atom stereocenters. The molecule has 4 heterocycles. The molecular weight excluding hydrogens is 476 g/mol. The van der Waals surface area contributed by atoms with Crippen LogP contribution in [0, 0.1) is 6.92 Å². The second-order valence-corrected chi connectivity index (χ2v) is 11.5. The second-order valence-electron chi connectivity index (χ2n) is 9.34. The fourth-order valence-corrected chi connectivity index (χ4v) is 5.65. The Morgan fingerprint density at radius 2 is 2.03 bits per heavy atom. The molecule has 0 radical (unpaired) electrons. The number of aliphatic hydroxyl groups is 1. The Labute approximate surface area is 204 Å². The number of aliphatic hydroxyl groups excluding tert-OH is 1. The van der Waals surface area contributed by atoms with E-state index in [1.807, 2.05) is 29.8 Å². The van der Waals surface area contributed by atoms with E-state index in [0.29, 0.717) is 30.3 Å². The molecule has 2 aliphatic heterocycles. The molecule has 0 saturated carbocycles. The van der Waals surface area contributed by atoms with Gasteiger partial charge in [-0.05, 0) is 50.1 Å². The largest absolute Gasteiger partial charge is 0.389 e. The number of fused-ring (bicyclic) bond motifs is 1. The number of benzene rings is 1. The number of sulfonamides is 1. The molecule has 9 nitrogen and oxygen atoms in total. The van der Waals surface area contributed by atoms with Gasteiger partial charge in [-0.15, -0.1) is 0 Å². The van der Waals surface area contributed by atoms with Gasteiger partial charge in [0.15, 0.2) is 5.65 Å². The first-order valence-electron chi connectivity index (χ1n) is 11.5. The number of nitrogens with zero attached hydrogens (tertiary/aromatic N) is 5. The van der Waals surface area contributed by atoms with Crippen molar-refractivity contribution < 1.29 is 13.5 Å². The maximum absolute atomic E-state index is 11.9. The predicted octanol–water partition coefficient (Wildman–Crippen LogP) is 2.97. The lowest BCUT2D eigenvalue weighted by Crippen LogP contribution is -2.51. The first-order chi connectivity index (χ1) is 16.2. The second kappa shape index (κ2) is 8.99. The average molecular weight is 505 g/mol. The minimum absolute atomic E-state index is 0.0927. The third-order valence-corrected chi connectivity index (χ3v) is 7.30. The summed E-state index contributed by atoms with van der Waals surface area (Å²) < 4.78 is 28.2. The van der Waals surface area contributed by atoms with E-state index >= 15 is 0 Å². The van der Waals surface area contributed by atoms with E-state index in [9.17, 15) is 13.5 Å². The maximum Gasteiger partial charge on any atom is 0.229 e. The molecule has 5 rings (SSSR count). The third-order valence-electron chi connectivity index (χ3n) is 6.48. The minimum atomic E-state index is -3.41. The molecule has 0 aliphatic carbocycles. The molecule has 3 aromatic rings. The Balaban J connectivity index is 1.44. The lowest BCUT2D eigenvalue weighted by atomic mass is 9.98. The summed E-state index contributed by atoms with van der Waals surface area (Å²) >= 11 is 6.25. The molecule has 34 heavy (non-hydrogen) atoms. The molecule has 2 saturated heterocycles. The van der Waals surface area contributed by atoms with Gasteiger partial charge in [0.1, 0.15) is 5.82 Å². The van der Waals surface area contributed by atoms with Gasteiger partial charge in [-0.1, -0.05) is 18.0 Å². The van der Waals surface area contributed by atoms with Crippen LogP contribution in [-0.2, 0) is 16.6 Å². The fraction of sp³-hybridized carbons (Fsp3) is 0.478. The Kier molecular flexibility index (Phi) is 6.18. The van der Waals surface area contributed by atoms with Crippen LogP contribution >= 0.6 is 11.6 Å². The SMILES string of the molecule is Cc1cn2nc(C3CCCCN3Cc3cc(Cl)ccc3NS(C)(=O)=O)cc2nc1N1CC(O)C1. The molecule has 2 aromatic heterocycles. The smallest absolute Gasteiger partial charge is 0.229 e. The van der Waals surface area contributed by atoms with E-state index in [0.717, 1.165) is 60.3 Å². The number of halogens is 1. The van der Waals surface area contributed by atoms with Crippen LogP contribution in [0.1, 0.15) is 42.1 Å². The molecule has 11 heteroatoms. The van der Waals surface area contributed by atoms with Gasteiger partial charge in [-0.2, -0.15) is 5.10 Å². The molecule has 0 spiro atoms. The number of aromatic nitrogens is 3. The van der Waals surface area contributed by atoms with Gasteiger partial charge in [0.25, 0.3) is 0 Å². The summed E-state index contributed by atoms with van der Waals surface area (Å²) in [6, 6.07) is 7.36. The fourth-order valence-electron chi connectivity index (χ4n) is 4.86. The lowest BCUT2D eigenvalue weighted by Gasteiger charge is -2.37. The van der Waals surface area contributed by atoms with E-state index in [1.54, 1.807) is 12.1 Å². The van der Waals surface area contributed by atoms with Crippen molar-refractivity contribution >= 4 is 38.8 Å². The Morgan fingerprint density at radius 1 is 1.24 bits per heavy atom. The highest BCUT2D eigenvalue weighted by molar-refractivity contribution is 7.92. The Morgan fingerprint density at radius 3 is 2.76 bits per heavy atom. The van der Waals surface area contributed by atoms with Crippen LogP contribution in [0.4, 0.5) is 11.5 Å². The molecule has 2 fully saturated rings. The quantitative estimate of drug-likeness (QED) is 0.532. The molecule has 1 unspecified atom stereocenters. The Bertz CT molecular complexity index is 1320. The number of rotatable bonds is 6. The predicted molar refractivity (Wildman–Crippen MR) is 133 cm³/mol. The number of β-amino-alcohol motifs (C(OH)–C–C–N with tert-alkyl or cyclic N) is 1. The van der Waals surface area contributed by atoms with Crippen molar-refractivity contribution in [3.63, 3.8) is 0 Å². The van der Waals surface area contributed by atoms with Gasteiger partial charge >= 0.3 is 0 Å². The van der Waals surface area contributed by atoms with Crippen molar-refractivity contribution in [1.82, 2.24) is 19.5 Å². The first kappa shape index (κ1) is 23.3. The summed E-state index contributed by atoms with van der Waals surface area (Å²) in [5.41, 5.74) is 4.13. The van der Waals surface area contributed by atoms with Gasteiger partial charge in [-0.25, -0.2) is 17.9 Å². The van der Waals surface area contributed by atoms with Crippen molar-refractivity contribution in [3.05, 3.63) is 52.3 Å². The zero-order valence-electron chi connectivity index (χ0n) is 19.3. The van der Waals surface area contributed by atoms with Crippen LogP contribution in [0.5, 0.6) is 0 Å². The van der Waals surface area contributed by atoms with Crippen molar-refractivity contribution in [2.45, 2.75) is 44.9 Å². The summed E-state index contributed by atoms with van der Waals surface area (Å²) in [6.45, 7) is 4.65. The number of anilines is 2. The third kappa shape index (κ3) is 4.86. The number of hydrogen-bond acceptors (Lipinski definition) is 7. The molecular formula is C23H29ClN6O3S. The minimum Gasteiger partial charge on any atom is -0.389 e. The maximum atomic E-state index is 11.9. The van der Waals surface area contributed by atoms with Crippen molar-refractivity contribution in [2.75, 3.05) is 35.5 Å². The lowest BCUT2D eigenvalue weighted by molar-refractivity contribution is 0.137. The summed E-state index contributed by atoms with van der Waals surface area (Å²) in [7, 11) is -3.41. The average Bonchev–Trinajstić information content (AvgIpc) is 3.15. The summed E-state index contributed by atoms with van der Waals surface area (Å²) in [5, 5.41) is 15.1.